The minimum absolute atomic E-state index is 0.0785. The van der Waals surface area contributed by atoms with Gasteiger partial charge in [0, 0.05) is 26.2 Å². The first-order valence-corrected chi connectivity index (χ1v) is 10.5. The van der Waals surface area contributed by atoms with Crippen LogP contribution in [0.2, 0.25) is 0 Å². The highest BCUT2D eigenvalue weighted by atomic mass is 32.1. The predicted octanol–water partition coefficient (Wildman–Crippen LogP) is 2.70. The average molecular weight is 384 g/mol. The highest BCUT2D eigenvalue weighted by Crippen LogP contribution is 2.29. The van der Waals surface area contributed by atoms with Gasteiger partial charge in [-0.15, -0.1) is 11.3 Å². The van der Waals surface area contributed by atoms with Gasteiger partial charge in [-0.05, 0) is 41.8 Å². The van der Waals surface area contributed by atoms with Crippen molar-refractivity contribution in [3.05, 3.63) is 57.8 Å². The fourth-order valence-electron chi connectivity index (χ4n) is 4.01. The molecule has 142 valence electrons. The molecule has 0 radical (unpaired) electrons. The molecule has 27 heavy (non-hydrogen) atoms. The van der Waals surface area contributed by atoms with E-state index in [1.807, 2.05) is 28.5 Å². The van der Waals surface area contributed by atoms with Crippen LogP contribution in [0.25, 0.3) is 0 Å². The number of carbonyl (C=O) groups excluding carboxylic acids is 2. The summed E-state index contributed by atoms with van der Waals surface area (Å²) in [6.45, 7) is 3.24. The summed E-state index contributed by atoms with van der Waals surface area (Å²) < 4.78 is 0. The Morgan fingerprint density at radius 3 is 2.67 bits per heavy atom. The van der Waals surface area contributed by atoms with Crippen LogP contribution in [0, 0.1) is 0 Å². The molecule has 1 aliphatic heterocycles. The smallest absolute Gasteiger partial charge is 0.264 e. The van der Waals surface area contributed by atoms with Crippen LogP contribution in [0.1, 0.15) is 39.7 Å². The Balaban J connectivity index is 1.27. The fourth-order valence-corrected chi connectivity index (χ4v) is 4.70. The zero-order chi connectivity index (χ0) is 18.6. The summed E-state index contributed by atoms with van der Waals surface area (Å²) in [5.41, 5.74) is 2.62. The number of aryl methyl sites for hydroxylation is 1. The van der Waals surface area contributed by atoms with E-state index < -0.39 is 0 Å². The molecule has 4 rings (SSSR count). The van der Waals surface area contributed by atoms with Crippen molar-refractivity contribution >= 4 is 23.2 Å². The third-order valence-electron chi connectivity index (χ3n) is 5.46. The number of nitrogens with one attached hydrogen (secondary N) is 1. The van der Waals surface area contributed by atoms with Crippen LogP contribution in [0.3, 0.4) is 0 Å². The Bertz CT molecular complexity index is 798. The second-order valence-corrected chi connectivity index (χ2v) is 8.20. The number of nitrogens with zero attached hydrogens (tertiary/aromatic N) is 2. The molecular weight excluding hydrogens is 358 g/mol. The molecule has 0 spiro atoms. The molecular formula is C21H25N3O2S. The number of thiophene rings is 1. The molecule has 2 aromatic rings. The molecule has 1 aromatic carbocycles. The van der Waals surface area contributed by atoms with Gasteiger partial charge in [0.25, 0.3) is 5.91 Å². The zero-order valence-electron chi connectivity index (χ0n) is 15.4. The van der Waals surface area contributed by atoms with Crippen LogP contribution in [0.4, 0.5) is 0 Å². The van der Waals surface area contributed by atoms with Crippen molar-refractivity contribution in [2.75, 3.05) is 32.7 Å². The summed E-state index contributed by atoms with van der Waals surface area (Å²) in [7, 11) is 0. The van der Waals surface area contributed by atoms with Gasteiger partial charge < -0.3 is 10.2 Å². The summed E-state index contributed by atoms with van der Waals surface area (Å²) in [6.07, 6.45) is 3.22. The molecule has 1 atom stereocenters. The number of carbonyl (C=O) groups is 2. The van der Waals surface area contributed by atoms with E-state index in [4.69, 9.17) is 0 Å². The number of fused-ring (bicyclic) bond motifs is 1. The Hall–Kier alpha value is -2.18. The van der Waals surface area contributed by atoms with Crippen molar-refractivity contribution in [3.63, 3.8) is 0 Å². The van der Waals surface area contributed by atoms with Gasteiger partial charge in [0.05, 0.1) is 17.5 Å². The lowest BCUT2D eigenvalue weighted by atomic mass is 9.88. The molecule has 0 saturated carbocycles. The fraction of sp³-hybridized carbons (Fsp3) is 0.429. The number of amides is 2. The van der Waals surface area contributed by atoms with Crippen LogP contribution < -0.4 is 5.32 Å². The molecule has 1 aromatic heterocycles. The van der Waals surface area contributed by atoms with Gasteiger partial charge in [0.15, 0.2) is 0 Å². The van der Waals surface area contributed by atoms with E-state index in [9.17, 15) is 9.59 Å². The second-order valence-electron chi connectivity index (χ2n) is 7.26. The number of hydrogen-bond acceptors (Lipinski definition) is 4. The van der Waals surface area contributed by atoms with Crippen LogP contribution in [0.5, 0.6) is 0 Å². The highest BCUT2D eigenvalue weighted by molar-refractivity contribution is 7.12. The molecule has 1 fully saturated rings. The van der Waals surface area contributed by atoms with Gasteiger partial charge in [-0.2, -0.15) is 0 Å². The maximum atomic E-state index is 12.6. The first-order valence-electron chi connectivity index (χ1n) is 9.63. The Morgan fingerprint density at radius 2 is 1.89 bits per heavy atom. The molecule has 1 N–H and O–H groups in total. The molecule has 1 aliphatic carbocycles. The van der Waals surface area contributed by atoms with E-state index in [1.54, 1.807) is 0 Å². The Labute approximate surface area is 164 Å². The average Bonchev–Trinajstić information content (AvgIpc) is 3.23. The van der Waals surface area contributed by atoms with Crippen LogP contribution in [-0.4, -0.2) is 54.3 Å². The Kier molecular flexibility index (Phi) is 5.55. The normalized spacial score (nSPS) is 20.1. The van der Waals surface area contributed by atoms with E-state index in [0.29, 0.717) is 19.6 Å². The molecule has 2 aliphatic rings. The van der Waals surface area contributed by atoms with Crippen molar-refractivity contribution < 1.29 is 9.59 Å². The first kappa shape index (κ1) is 18.2. The van der Waals surface area contributed by atoms with Gasteiger partial charge in [-0.1, -0.05) is 30.3 Å². The van der Waals surface area contributed by atoms with E-state index in [2.05, 4.69) is 28.4 Å². The third-order valence-corrected chi connectivity index (χ3v) is 6.32. The summed E-state index contributed by atoms with van der Waals surface area (Å²) in [5.74, 6) is 0.183. The number of hydrogen-bond donors (Lipinski definition) is 1. The van der Waals surface area contributed by atoms with Crippen molar-refractivity contribution in [3.8, 4) is 0 Å². The monoisotopic (exact) mass is 383 g/mol. The van der Waals surface area contributed by atoms with Crippen molar-refractivity contribution in [1.82, 2.24) is 15.1 Å². The topological polar surface area (TPSA) is 52.7 Å². The number of piperazine rings is 1. The summed E-state index contributed by atoms with van der Waals surface area (Å²) >= 11 is 1.48. The quantitative estimate of drug-likeness (QED) is 0.883. The molecule has 0 bridgehead atoms. The zero-order valence-corrected chi connectivity index (χ0v) is 16.2. The largest absolute Gasteiger partial charge is 0.348 e. The van der Waals surface area contributed by atoms with Crippen molar-refractivity contribution in [2.45, 2.75) is 25.3 Å². The van der Waals surface area contributed by atoms with Gasteiger partial charge in [0.1, 0.15) is 0 Å². The van der Waals surface area contributed by atoms with Crippen molar-refractivity contribution in [1.29, 1.82) is 0 Å². The first-order chi connectivity index (χ1) is 13.2. The lowest BCUT2D eigenvalue weighted by Crippen LogP contribution is -2.51. The van der Waals surface area contributed by atoms with Gasteiger partial charge >= 0.3 is 0 Å². The van der Waals surface area contributed by atoms with E-state index in [-0.39, 0.29) is 17.9 Å². The van der Waals surface area contributed by atoms with E-state index in [1.165, 1.54) is 22.5 Å². The van der Waals surface area contributed by atoms with Crippen LogP contribution in [-0.2, 0) is 11.2 Å². The Morgan fingerprint density at radius 1 is 1.07 bits per heavy atom. The van der Waals surface area contributed by atoms with E-state index in [0.717, 1.165) is 37.2 Å². The minimum atomic E-state index is 0.0785. The minimum Gasteiger partial charge on any atom is -0.348 e. The molecule has 1 saturated heterocycles. The maximum Gasteiger partial charge on any atom is 0.264 e. The molecule has 2 amide bonds. The van der Waals surface area contributed by atoms with Gasteiger partial charge in [-0.3, -0.25) is 14.5 Å². The highest BCUT2D eigenvalue weighted by Gasteiger charge is 2.25. The van der Waals surface area contributed by atoms with Gasteiger partial charge in [0.2, 0.25) is 5.91 Å². The maximum absolute atomic E-state index is 12.6. The lowest BCUT2D eigenvalue weighted by molar-refractivity contribution is -0.123. The molecule has 5 nitrogen and oxygen atoms in total. The van der Waals surface area contributed by atoms with Crippen LogP contribution in [0.15, 0.2) is 41.8 Å². The summed E-state index contributed by atoms with van der Waals surface area (Å²) in [4.78, 5) is 29.8. The second kappa shape index (κ2) is 8.23. The third kappa shape index (κ3) is 4.22. The van der Waals surface area contributed by atoms with E-state index >= 15 is 0 Å². The molecule has 2 heterocycles. The number of benzene rings is 1. The molecule has 1 unspecified atom stereocenters. The van der Waals surface area contributed by atoms with Crippen LogP contribution >= 0.6 is 11.3 Å². The van der Waals surface area contributed by atoms with Crippen molar-refractivity contribution in [2.24, 2.45) is 0 Å². The summed E-state index contributed by atoms with van der Waals surface area (Å²) in [6, 6.07) is 12.3. The molecule has 6 heteroatoms. The number of rotatable bonds is 4. The standard InChI is InChI=1S/C21H25N3O2S/c25-20(22-18-8-3-6-16-5-1-2-7-17(16)18)15-23-10-12-24(13-11-23)21(26)19-9-4-14-27-19/h1-2,4-5,7,9,14,18H,3,6,8,10-13,15H2,(H,22,25). The SMILES string of the molecule is O=C(CN1CCN(C(=O)c2cccs2)CC1)NC1CCCc2ccccc21. The predicted molar refractivity (Wildman–Crippen MR) is 107 cm³/mol. The lowest BCUT2D eigenvalue weighted by Gasteiger charge is -2.34. The van der Waals surface area contributed by atoms with Gasteiger partial charge in [-0.25, -0.2) is 0 Å². The summed E-state index contributed by atoms with van der Waals surface area (Å²) in [5, 5.41) is 5.15.